The van der Waals surface area contributed by atoms with E-state index in [4.69, 9.17) is 4.74 Å². The van der Waals surface area contributed by atoms with Crippen molar-refractivity contribution in [2.45, 2.75) is 6.92 Å². The number of hydrogen-bond acceptors (Lipinski definition) is 3. The van der Waals surface area contributed by atoms with Gasteiger partial charge in [-0.3, -0.25) is 9.78 Å². The van der Waals surface area contributed by atoms with E-state index in [1.54, 1.807) is 12.4 Å². The lowest BCUT2D eigenvalue weighted by molar-refractivity contribution is 0.411. The van der Waals surface area contributed by atoms with Crippen molar-refractivity contribution < 1.29 is 4.74 Å². The number of ether oxygens (including phenoxy) is 1. The number of aromatic nitrogens is 2. The normalized spacial score (nSPS) is 10.7. The fraction of sp³-hybridized carbons (Fsp3) is 0.125. The van der Waals surface area contributed by atoms with E-state index in [1.165, 1.54) is 7.11 Å². The van der Waals surface area contributed by atoms with E-state index in [0.717, 1.165) is 27.6 Å². The fourth-order valence-electron chi connectivity index (χ4n) is 2.47. The highest BCUT2D eigenvalue weighted by molar-refractivity contribution is 5.99. The number of nitrogens with zero attached hydrogens (tertiary/aromatic N) is 1. The molecule has 0 amide bonds. The molecule has 100 valence electrons. The first-order chi connectivity index (χ1) is 9.72. The van der Waals surface area contributed by atoms with Crippen LogP contribution in [0.1, 0.15) is 5.56 Å². The van der Waals surface area contributed by atoms with Gasteiger partial charge in [-0.1, -0.05) is 30.3 Å². The molecule has 3 rings (SSSR count). The average molecular weight is 266 g/mol. The number of nitrogens with one attached hydrogen (secondary N) is 1. The molecule has 0 saturated heterocycles. The van der Waals surface area contributed by atoms with Crippen LogP contribution in [0.5, 0.6) is 5.75 Å². The van der Waals surface area contributed by atoms with Crippen molar-refractivity contribution in [2.24, 2.45) is 0 Å². The number of methoxy groups -OCH3 is 1. The van der Waals surface area contributed by atoms with Crippen LogP contribution in [0.3, 0.4) is 0 Å². The van der Waals surface area contributed by atoms with Crippen molar-refractivity contribution in [2.75, 3.05) is 7.11 Å². The molecule has 0 bridgehead atoms. The molecule has 0 aliphatic heterocycles. The van der Waals surface area contributed by atoms with Crippen LogP contribution in [0.4, 0.5) is 0 Å². The Hall–Kier alpha value is -2.62. The van der Waals surface area contributed by atoms with Gasteiger partial charge >= 0.3 is 0 Å². The van der Waals surface area contributed by atoms with Crippen LogP contribution < -0.4 is 10.3 Å². The minimum Gasteiger partial charge on any atom is -0.491 e. The largest absolute Gasteiger partial charge is 0.491 e. The summed E-state index contributed by atoms with van der Waals surface area (Å²) in [5, 5.41) is 0.961. The van der Waals surface area contributed by atoms with Gasteiger partial charge in [0.1, 0.15) is 0 Å². The summed E-state index contributed by atoms with van der Waals surface area (Å²) in [6.07, 6.45) is 3.45. The maximum Gasteiger partial charge on any atom is 0.291 e. The number of H-pyrrole nitrogens is 1. The molecule has 1 N–H and O–H groups in total. The zero-order chi connectivity index (χ0) is 14.1. The number of aryl methyl sites for hydroxylation is 1. The monoisotopic (exact) mass is 266 g/mol. The van der Waals surface area contributed by atoms with Gasteiger partial charge in [-0.15, -0.1) is 0 Å². The van der Waals surface area contributed by atoms with Gasteiger partial charge in [0.25, 0.3) is 5.56 Å². The number of pyridine rings is 2. The van der Waals surface area contributed by atoms with Crippen LogP contribution in [-0.4, -0.2) is 17.1 Å². The number of benzene rings is 1. The van der Waals surface area contributed by atoms with Crippen LogP contribution in [0, 0.1) is 6.92 Å². The molecule has 0 radical (unpaired) electrons. The van der Waals surface area contributed by atoms with Gasteiger partial charge in [0.15, 0.2) is 5.75 Å². The smallest absolute Gasteiger partial charge is 0.291 e. The molecular weight excluding hydrogens is 252 g/mol. The maximum atomic E-state index is 12.2. The van der Waals surface area contributed by atoms with Crippen LogP contribution in [-0.2, 0) is 0 Å². The van der Waals surface area contributed by atoms with Gasteiger partial charge in [0.2, 0.25) is 0 Å². The first-order valence-corrected chi connectivity index (χ1v) is 6.32. The molecule has 0 saturated carbocycles. The number of hydrogen-bond donors (Lipinski definition) is 1. The zero-order valence-electron chi connectivity index (χ0n) is 11.3. The van der Waals surface area contributed by atoms with E-state index in [-0.39, 0.29) is 5.56 Å². The van der Waals surface area contributed by atoms with Gasteiger partial charge < -0.3 is 9.72 Å². The quantitative estimate of drug-likeness (QED) is 0.776. The average Bonchev–Trinajstić information content (AvgIpc) is 2.47. The van der Waals surface area contributed by atoms with Gasteiger partial charge in [-0.05, 0) is 18.1 Å². The molecule has 2 aromatic heterocycles. The van der Waals surface area contributed by atoms with Crippen LogP contribution >= 0.6 is 0 Å². The highest BCUT2D eigenvalue weighted by Crippen LogP contribution is 2.34. The fourth-order valence-corrected chi connectivity index (χ4v) is 2.47. The van der Waals surface area contributed by atoms with E-state index in [9.17, 15) is 4.79 Å². The second-order valence-electron chi connectivity index (χ2n) is 4.61. The van der Waals surface area contributed by atoms with Crippen molar-refractivity contribution in [1.82, 2.24) is 9.97 Å². The number of aromatic amines is 1. The second-order valence-corrected chi connectivity index (χ2v) is 4.61. The molecule has 0 spiro atoms. The zero-order valence-corrected chi connectivity index (χ0v) is 11.3. The lowest BCUT2D eigenvalue weighted by atomic mass is 9.98. The van der Waals surface area contributed by atoms with Crippen molar-refractivity contribution in [3.05, 3.63) is 58.6 Å². The Bertz CT molecular complexity index is 823. The Morgan fingerprint density at radius 1 is 1.15 bits per heavy atom. The van der Waals surface area contributed by atoms with E-state index in [2.05, 4.69) is 9.97 Å². The topological polar surface area (TPSA) is 55.0 Å². The Kier molecular flexibility index (Phi) is 2.99. The van der Waals surface area contributed by atoms with Crippen molar-refractivity contribution >= 4 is 10.9 Å². The van der Waals surface area contributed by atoms with Crippen LogP contribution in [0.15, 0.2) is 47.5 Å². The first-order valence-electron chi connectivity index (χ1n) is 6.32. The van der Waals surface area contributed by atoms with Gasteiger partial charge in [0.05, 0.1) is 18.8 Å². The third-order valence-corrected chi connectivity index (χ3v) is 3.33. The summed E-state index contributed by atoms with van der Waals surface area (Å²) >= 11 is 0. The standard InChI is InChI=1S/C16H14N2O2/c1-10-8-17-9-12-13(10)14(11-6-4-3-5-7-11)15(20-2)16(19)18-12/h3-9H,1-2H3,(H,18,19). The highest BCUT2D eigenvalue weighted by Gasteiger charge is 2.16. The summed E-state index contributed by atoms with van der Waals surface area (Å²) in [6.45, 7) is 1.97. The molecule has 0 atom stereocenters. The predicted octanol–water partition coefficient (Wildman–Crippen LogP) is 2.91. The summed E-state index contributed by atoms with van der Waals surface area (Å²) < 4.78 is 5.33. The Labute approximate surface area is 116 Å². The molecule has 0 aliphatic carbocycles. The molecule has 0 aliphatic rings. The minimum atomic E-state index is -0.244. The van der Waals surface area contributed by atoms with Gasteiger partial charge in [-0.25, -0.2) is 0 Å². The lowest BCUT2D eigenvalue weighted by Gasteiger charge is -2.13. The molecule has 4 heteroatoms. The Balaban J connectivity index is 2.52. The second kappa shape index (κ2) is 4.81. The highest BCUT2D eigenvalue weighted by atomic mass is 16.5. The third-order valence-electron chi connectivity index (χ3n) is 3.33. The lowest BCUT2D eigenvalue weighted by Crippen LogP contribution is -2.11. The Morgan fingerprint density at radius 3 is 2.60 bits per heavy atom. The molecule has 0 unspecified atom stereocenters. The number of fused-ring (bicyclic) bond motifs is 1. The first kappa shape index (κ1) is 12.4. The van der Waals surface area contributed by atoms with E-state index in [0.29, 0.717) is 5.75 Å². The summed E-state index contributed by atoms with van der Waals surface area (Å²) in [6, 6.07) is 9.77. The van der Waals surface area contributed by atoms with Crippen molar-refractivity contribution in [3.8, 4) is 16.9 Å². The molecule has 3 aromatic rings. The van der Waals surface area contributed by atoms with E-state index >= 15 is 0 Å². The van der Waals surface area contributed by atoms with E-state index in [1.807, 2.05) is 37.3 Å². The summed E-state index contributed by atoms with van der Waals surface area (Å²) in [5.74, 6) is 0.331. The van der Waals surface area contributed by atoms with Gasteiger partial charge in [-0.2, -0.15) is 0 Å². The molecule has 4 nitrogen and oxygen atoms in total. The molecule has 2 heterocycles. The third kappa shape index (κ3) is 1.86. The van der Waals surface area contributed by atoms with Crippen LogP contribution in [0.25, 0.3) is 22.0 Å². The molecular formula is C16H14N2O2. The van der Waals surface area contributed by atoms with Gasteiger partial charge in [0, 0.05) is 17.1 Å². The van der Waals surface area contributed by atoms with E-state index < -0.39 is 0 Å². The Morgan fingerprint density at radius 2 is 1.90 bits per heavy atom. The van der Waals surface area contributed by atoms with Crippen LogP contribution in [0.2, 0.25) is 0 Å². The number of rotatable bonds is 2. The summed E-state index contributed by atoms with van der Waals surface area (Å²) in [4.78, 5) is 19.1. The van der Waals surface area contributed by atoms with Crippen molar-refractivity contribution in [1.29, 1.82) is 0 Å². The summed E-state index contributed by atoms with van der Waals surface area (Å²) in [5.41, 5.74) is 3.23. The molecule has 1 aromatic carbocycles. The maximum absolute atomic E-state index is 12.2. The SMILES string of the molecule is COc1c(-c2ccccc2)c2c(C)cncc2[nH]c1=O. The summed E-state index contributed by atoms with van der Waals surface area (Å²) in [7, 11) is 1.51. The minimum absolute atomic E-state index is 0.244. The molecule has 20 heavy (non-hydrogen) atoms. The van der Waals surface area contributed by atoms with Crippen molar-refractivity contribution in [3.63, 3.8) is 0 Å². The molecule has 0 fully saturated rings. The predicted molar refractivity (Wildman–Crippen MR) is 79.1 cm³/mol.